The fourth-order valence-electron chi connectivity index (χ4n) is 2.34. The summed E-state index contributed by atoms with van der Waals surface area (Å²) in [6, 6.07) is 0.731. The van der Waals surface area contributed by atoms with Crippen LogP contribution >= 0.6 is 12.2 Å². The molecule has 5 nitrogen and oxygen atoms in total. The number of nitrogens with one attached hydrogen (secondary N) is 2. The predicted molar refractivity (Wildman–Crippen MR) is 85.6 cm³/mol. The number of amides is 1. The lowest BCUT2D eigenvalue weighted by molar-refractivity contribution is -0.143. The van der Waals surface area contributed by atoms with Gasteiger partial charge in [-0.3, -0.25) is 9.89 Å². The van der Waals surface area contributed by atoms with Crippen LogP contribution in [0.4, 0.5) is 26.3 Å². The predicted octanol–water partition coefficient (Wildman–Crippen LogP) is 3.97. The Kier molecular flexibility index (Phi) is 5.97. The van der Waals surface area contributed by atoms with Crippen molar-refractivity contribution in [2.45, 2.75) is 32.2 Å². The van der Waals surface area contributed by atoms with Gasteiger partial charge in [0.1, 0.15) is 5.82 Å². The van der Waals surface area contributed by atoms with Gasteiger partial charge < -0.3 is 9.88 Å². The SMILES string of the molecule is CCn1c(CCNC(=O)c2cc(C(F)(F)F)cc(C(F)(F)F)c2)n[nH]c1=S. The largest absolute Gasteiger partial charge is 0.416 e. The Morgan fingerprint density at radius 3 is 2.19 bits per heavy atom. The minimum absolute atomic E-state index is 0.0320. The van der Waals surface area contributed by atoms with E-state index in [9.17, 15) is 31.1 Å². The van der Waals surface area contributed by atoms with Crippen LogP contribution in [0.15, 0.2) is 18.2 Å². The molecular weight excluding hydrogens is 398 g/mol. The van der Waals surface area contributed by atoms with Gasteiger partial charge in [-0.25, -0.2) is 0 Å². The Morgan fingerprint density at radius 2 is 1.70 bits per heavy atom. The quantitative estimate of drug-likeness (QED) is 0.577. The Bertz CT molecular complexity index is 851. The standard InChI is InChI=1S/C15H14F6N4OS/c1-2-25-11(23-24-13(25)27)3-4-22-12(26)8-5-9(14(16,17)18)7-10(6-8)15(19,20)21/h5-7H,2-4H2,1H3,(H,22,26)(H,24,27). The monoisotopic (exact) mass is 412 g/mol. The lowest BCUT2D eigenvalue weighted by atomic mass is 10.0. The topological polar surface area (TPSA) is 62.7 Å². The third-order valence-corrected chi connectivity index (χ3v) is 3.95. The molecule has 27 heavy (non-hydrogen) atoms. The average Bonchev–Trinajstić information content (AvgIpc) is 2.92. The highest BCUT2D eigenvalue weighted by Crippen LogP contribution is 2.36. The third-order valence-electron chi connectivity index (χ3n) is 3.64. The molecule has 0 unspecified atom stereocenters. The van der Waals surface area contributed by atoms with Gasteiger partial charge in [-0.15, -0.1) is 0 Å². The van der Waals surface area contributed by atoms with Crippen LogP contribution in [-0.4, -0.2) is 27.2 Å². The molecule has 0 aliphatic heterocycles. The molecule has 2 rings (SSSR count). The highest BCUT2D eigenvalue weighted by Gasteiger charge is 2.37. The van der Waals surface area contributed by atoms with E-state index in [2.05, 4.69) is 15.5 Å². The molecule has 0 fully saturated rings. The van der Waals surface area contributed by atoms with E-state index in [0.717, 1.165) is 0 Å². The number of benzene rings is 1. The van der Waals surface area contributed by atoms with Crippen LogP contribution in [0, 0.1) is 4.77 Å². The number of alkyl halides is 6. The van der Waals surface area contributed by atoms with Crippen molar-refractivity contribution in [2.24, 2.45) is 0 Å². The van der Waals surface area contributed by atoms with E-state index in [-0.39, 0.29) is 19.0 Å². The number of rotatable bonds is 5. The van der Waals surface area contributed by atoms with Crippen LogP contribution in [0.1, 0.15) is 34.2 Å². The summed E-state index contributed by atoms with van der Waals surface area (Å²) in [5.41, 5.74) is -3.82. The first kappa shape index (κ1) is 20.9. The number of nitrogens with zero attached hydrogens (tertiary/aromatic N) is 2. The Morgan fingerprint density at radius 1 is 1.15 bits per heavy atom. The first-order chi connectivity index (χ1) is 12.4. The van der Waals surface area contributed by atoms with E-state index in [1.165, 1.54) is 0 Å². The number of halogens is 6. The van der Waals surface area contributed by atoms with Gasteiger partial charge in [0.2, 0.25) is 0 Å². The summed E-state index contributed by atoms with van der Waals surface area (Å²) in [6.45, 7) is 2.28. The van der Waals surface area contributed by atoms with Crippen LogP contribution in [0.5, 0.6) is 0 Å². The molecule has 1 heterocycles. The highest BCUT2D eigenvalue weighted by molar-refractivity contribution is 7.71. The number of aromatic amines is 1. The van der Waals surface area contributed by atoms with E-state index in [4.69, 9.17) is 12.2 Å². The number of hydrogen-bond donors (Lipinski definition) is 2. The summed E-state index contributed by atoms with van der Waals surface area (Å²) in [7, 11) is 0. The van der Waals surface area contributed by atoms with Gasteiger partial charge in [-0.2, -0.15) is 31.4 Å². The van der Waals surface area contributed by atoms with Gasteiger partial charge in [0.25, 0.3) is 5.91 Å². The van der Waals surface area contributed by atoms with Gasteiger partial charge >= 0.3 is 12.4 Å². The molecule has 1 aromatic heterocycles. The molecule has 0 saturated heterocycles. The average molecular weight is 412 g/mol. The molecule has 0 radical (unpaired) electrons. The van der Waals surface area contributed by atoms with Crippen molar-refractivity contribution in [3.8, 4) is 0 Å². The Hall–Kier alpha value is -2.37. The van der Waals surface area contributed by atoms with Gasteiger partial charge in [0.15, 0.2) is 4.77 Å². The summed E-state index contributed by atoms with van der Waals surface area (Å²) in [4.78, 5) is 12.1. The molecule has 1 amide bonds. The maximum atomic E-state index is 12.8. The lowest BCUT2D eigenvalue weighted by Crippen LogP contribution is -2.27. The second kappa shape index (κ2) is 7.71. The van der Waals surface area contributed by atoms with Crippen LogP contribution in [0.3, 0.4) is 0 Å². The molecule has 0 atom stereocenters. The van der Waals surface area contributed by atoms with Crippen LogP contribution in [0.2, 0.25) is 0 Å². The molecule has 0 bridgehead atoms. The molecule has 1 aromatic carbocycles. The number of H-pyrrole nitrogens is 1. The van der Waals surface area contributed by atoms with Crippen molar-refractivity contribution in [2.75, 3.05) is 6.54 Å². The molecule has 0 aliphatic carbocycles. The number of carbonyl (C=O) groups is 1. The number of aromatic nitrogens is 3. The maximum Gasteiger partial charge on any atom is 0.416 e. The zero-order valence-electron chi connectivity index (χ0n) is 13.8. The van der Waals surface area contributed by atoms with Crippen molar-refractivity contribution in [1.82, 2.24) is 20.1 Å². The van der Waals surface area contributed by atoms with Gasteiger partial charge in [0, 0.05) is 25.1 Å². The van der Waals surface area contributed by atoms with E-state index in [1.54, 1.807) is 4.57 Å². The van der Waals surface area contributed by atoms with Gasteiger partial charge in [-0.05, 0) is 37.3 Å². The van der Waals surface area contributed by atoms with E-state index >= 15 is 0 Å². The zero-order chi connectivity index (χ0) is 20.4. The van der Waals surface area contributed by atoms with Gasteiger partial charge in [-0.1, -0.05) is 0 Å². The molecule has 12 heteroatoms. The number of carbonyl (C=O) groups excluding carboxylic acids is 1. The second-order valence-corrected chi connectivity index (χ2v) is 5.88. The lowest BCUT2D eigenvalue weighted by Gasteiger charge is -2.14. The summed E-state index contributed by atoms with van der Waals surface area (Å²) < 4.78 is 79.0. The first-order valence-corrected chi connectivity index (χ1v) is 8.06. The van der Waals surface area contributed by atoms with E-state index in [1.807, 2.05) is 6.92 Å². The smallest absolute Gasteiger partial charge is 0.352 e. The summed E-state index contributed by atoms with van der Waals surface area (Å²) >= 11 is 4.99. The molecule has 0 saturated carbocycles. The van der Waals surface area contributed by atoms with Crippen LogP contribution in [-0.2, 0) is 25.3 Å². The fraction of sp³-hybridized carbons (Fsp3) is 0.400. The molecule has 2 aromatic rings. The molecule has 0 aliphatic rings. The molecule has 148 valence electrons. The minimum Gasteiger partial charge on any atom is -0.352 e. The number of hydrogen-bond acceptors (Lipinski definition) is 3. The van der Waals surface area contributed by atoms with Gasteiger partial charge in [0.05, 0.1) is 11.1 Å². The summed E-state index contributed by atoms with van der Waals surface area (Å²) in [5.74, 6) is -0.549. The van der Waals surface area contributed by atoms with Crippen LogP contribution < -0.4 is 5.32 Å². The van der Waals surface area contributed by atoms with Crippen LogP contribution in [0.25, 0.3) is 0 Å². The maximum absolute atomic E-state index is 12.8. The molecule has 0 spiro atoms. The second-order valence-electron chi connectivity index (χ2n) is 5.49. The third kappa shape index (κ3) is 5.08. The zero-order valence-corrected chi connectivity index (χ0v) is 14.6. The Labute approximate surface area is 154 Å². The Balaban J connectivity index is 2.18. The highest BCUT2D eigenvalue weighted by atomic mass is 32.1. The van der Waals surface area contributed by atoms with E-state index < -0.39 is 35.0 Å². The van der Waals surface area contributed by atoms with E-state index in [0.29, 0.717) is 29.3 Å². The normalized spacial score (nSPS) is 12.3. The summed E-state index contributed by atoms with van der Waals surface area (Å²) in [6.07, 6.45) is -9.84. The first-order valence-electron chi connectivity index (χ1n) is 7.65. The minimum atomic E-state index is -5.02. The fourth-order valence-corrected chi connectivity index (χ4v) is 2.62. The van der Waals surface area contributed by atoms with Crippen molar-refractivity contribution in [3.63, 3.8) is 0 Å². The molecular formula is C15H14F6N4OS. The summed E-state index contributed by atoms with van der Waals surface area (Å²) in [5, 5.41) is 8.80. The molecule has 2 N–H and O–H groups in total. The van der Waals surface area contributed by atoms with Crippen molar-refractivity contribution in [1.29, 1.82) is 0 Å². The van der Waals surface area contributed by atoms with Crippen molar-refractivity contribution < 1.29 is 31.1 Å². The van der Waals surface area contributed by atoms with Crippen molar-refractivity contribution in [3.05, 3.63) is 45.5 Å². The van der Waals surface area contributed by atoms with Crippen molar-refractivity contribution >= 4 is 18.1 Å².